The molecule has 1 nitrogen and oxygen atoms in total. The van der Waals surface area contributed by atoms with Gasteiger partial charge in [0.1, 0.15) is 11.9 Å². The highest BCUT2D eigenvalue weighted by Crippen LogP contribution is 2.46. The predicted octanol–water partition coefficient (Wildman–Crippen LogP) is 4.15. The summed E-state index contributed by atoms with van der Waals surface area (Å²) in [5.74, 6) is 1.60. The van der Waals surface area contributed by atoms with Crippen LogP contribution in [0.4, 0.5) is 0 Å². The van der Waals surface area contributed by atoms with E-state index >= 15 is 0 Å². The largest absolute Gasteiger partial charge is 0.485 e. The topological polar surface area (TPSA) is 9.23 Å². The monoisotopic (exact) mass is 256 g/mol. The summed E-state index contributed by atoms with van der Waals surface area (Å²) in [6.45, 7) is 7.38. The molecule has 1 heterocycles. The van der Waals surface area contributed by atoms with Crippen LogP contribution in [0.3, 0.4) is 0 Å². The van der Waals surface area contributed by atoms with Gasteiger partial charge in [-0.05, 0) is 23.2 Å². The van der Waals surface area contributed by atoms with E-state index in [0.29, 0.717) is 11.5 Å². The molecular formula is C16H20OSi. The van der Waals surface area contributed by atoms with E-state index in [4.69, 9.17) is 4.74 Å². The zero-order chi connectivity index (χ0) is 12.8. The van der Waals surface area contributed by atoms with E-state index in [0.717, 1.165) is 5.75 Å². The van der Waals surface area contributed by atoms with Crippen LogP contribution in [-0.2, 0) is 0 Å². The highest BCUT2D eigenvalue weighted by atomic mass is 28.3. The number of benzene rings is 1. The third-order valence-electron chi connectivity index (χ3n) is 3.96. The minimum absolute atomic E-state index is 0.224. The molecule has 0 unspecified atom stereocenters. The van der Waals surface area contributed by atoms with Gasteiger partial charge in [0.15, 0.2) is 0 Å². The molecular weight excluding hydrogens is 236 g/mol. The molecule has 0 radical (unpaired) electrons. The summed E-state index contributed by atoms with van der Waals surface area (Å²) in [5.41, 5.74) is 2.06. The van der Waals surface area contributed by atoms with E-state index in [-0.39, 0.29) is 6.10 Å². The number of allylic oxidation sites excluding steroid dienone is 2. The fourth-order valence-electron chi connectivity index (χ4n) is 3.27. The number of fused-ring (bicyclic) bond motifs is 2. The van der Waals surface area contributed by atoms with Crippen molar-refractivity contribution >= 4 is 8.07 Å². The lowest BCUT2D eigenvalue weighted by atomic mass is 9.87. The zero-order valence-corrected chi connectivity index (χ0v) is 12.3. The molecule has 0 N–H and O–H groups in total. The van der Waals surface area contributed by atoms with Crippen molar-refractivity contribution in [2.75, 3.05) is 0 Å². The molecule has 1 aliphatic heterocycles. The van der Waals surface area contributed by atoms with E-state index < -0.39 is 8.07 Å². The number of hydrogen-bond acceptors (Lipinski definition) is 1. The summed E-state index contributed by atoms with van der Waals surface area (Å²) < 4.78 is 6.15. The van der Waals surface area contributed by atoms with E-state index in [9.17, 15) is 0 Å². The van der Waals surface area contributed by atoms with Gasteiger partial charge in [0.05, 0.1) is 8.07 Å². The predicted molar refractivity (Wildman–Crippen MR) is 78.7 cm³/mol. The van der Waals surface area contributed by atoms with Gasteiger partial charge in [-0.15, -0.1) is 0 Å². The average Bonchev–Trinajstić information content (AvgIpc) is 2.34. The summed E-state index contributed by atoms with van der Waals surface area (Å²) in [7, 11) is -1.28. The Bertz CT molecular complexity index is 510. The lowest BCUT2D eigenvalue weighted by Crippen LogP contribution is -2.45. The lowest BCUT2D eigenvalue weighted by Gasteiger charge is -2.43. The van der Waals surface area contributed by atoms with Crippen molar-refractivity contribution in [3.05, 3.63) is 54.1 Å². The van der Waals surface area contributed by atoms with Gasteiger partial charge < -0.3 is 4.74 Å². The van der Waals surface area contributed by atoms with Gasteiger partial charge in [-0.3, -0.25) is 0 Å². The molecule has 0 amide bonds. The van der Waals surface area contributed by atoms with Crippen LogP contribution in [-0.4, -0.2) is 14.2 Å². The molecule has 18 heavy (non-hydrogen) atoms. The molecule has 0 aromatic heterocycles. The molecule has 0 saturated carbocycles. The third-order valence-corrected chi connectivity index (χ3v) is 6.52. The van der Waals surface area contributed by atoms with Crippen LogP contribution in [0.25, 0.3) is 0 Å². The Hall–Kier alpha value is -1.28. The van der Waals surface area contributed by atoms with Crippen molar-refractivity contribution in [1.29, 1.82) is 0 Å². The number of hydrogen-bond donors (Lipinski definition) is 0. The molecule has 0 spiro atoms. The first-order valence-corrected chi connectivity index (χ1v) is 10.3. The van der Waals surface area contributed by atoms with E-state index in [1.807, 2.05) is 0 Å². The normalized spacial score (nSPS) is 29.4. The molecule has 94 valence electrons. The van der Waals surface area contributed by atoms with Crippen molar-refractivity contribution in [1.82, 2.24) is 0 Å². The summed E-state index contributed by atoms with van der Waals surface area (Å²) >= 11 is 0. The smallest absolute Gasteiger partial charge is 0.124 e. The Balaban J connectivity index is 2.13. The van der Waals surface area contributed by atoms with Crippen LogP contribution < -0.4 is 4.74 Å². The van der Waals surface area contributed by atoms with E-state index in [1.54, 1.807) is 0 Å². The third kappa shape index (κ3) is 1.85. The second-order valence-electron chi connectivity index (χ2n) is 6.31. The van der Waals surface area contributed by atoms with Crippen LogP contribution in [0.2, 0.25) is 19.6 Å². The maximum atomic E-state index is 6.15. The summed E-state index contributed by atoms with van der Waals surface area (Å²) in [5, 5.41) is 0. The van der Waals surface area contributed by atoms with Gasteiger partial charge >= 0.3 is 0 Å². The molecule has 0 saturated heterocycles. The van der Waals surface area contributed by atoms with Gasteiger partial charge in [-0.2, -0.15) is 0 Å². The quantitative estimate of drug-likeness (QED) is 0.686. The Morgan fingerprint density at radius 2 is 1.72 bits per heavy atom. The number of ether oxygens (including phenoxy) is 1. The van der Waals surface area contributed by atoms with E-state index in [2.05, 4.69) is 68.2 Å². The van der Waals surface area contributed by atoms with Crippen molar-refractivity contribution < 1.29 is 4.74 Å². The molecule has 0 fully saturated rings. The van der Waals surface area contributed by atoms with Gasteiger partial charge in [-0.25, -0.2) is 0 Å². The Kier molecular flexibility index (Phi) is 2.70. The summed E-state index contributed by atoms with van der Waals surface area (Å²) in [6.07, 6.45) is 9.04. The molecule has 2 heteroatoms. The number of rotatable bonds is 1. The maximum Gasteiger partial charge on any atom is 0.124 e. The Morgan fingerprint density at radius 3 is 2.50 bits per heavy atom. The molecule has 1 aromatic carbocycles. The SMILES string of the molecule is C[Si](C)(C)[C@@H]1c2ccccc2O[C@@H]2C=CC=C[C@@H]12. The van der Waals surface area contributed by atoms with Gasteiger partial charge in [0.2, 0.25) is 0 Å². The minimum atomic E-state index is -1.28. The van der Waals surface area contributed by atoms with Crippen molar-refractivity contribution in [2.45, 2.75) is 31.3 Å². The average molecular weight is 256 g/mol. The van der Waals surface area contributed by atoms with Gasteiger partial charge in [0, 0.05) is 5.92 Å². The molecule has 3 atom stereocenters. The molecule has 2 aliphatic rings. The van der Waals surface area contributed by atoms with Crippen LogP contribution in [0, 0.1) is 5.92 Å². The highest BCUT2D eigenvalue weighted by molar-refractivity contribution is 6.77. The summed E-state index contributed by atoms with van der Waals surface area (Å²) in [4.78, 5) is 0. The molecule has 1 aliphatic carbocycles. The fraction of sp³-hybridized carbons (Fsp3) is 0.375. The number of para-hydroxylation sites is 1. The highest BCUT2D eigenvalue weighted by Gasteiger charge is 2.43. The Labute approximate surface area is 110 Å². The van der Waals surface area contributed by atoms with E-state index in [1.165, 1.54) is 5.56 Å². The Morgan fingerprint density at radius 1 is 1.00 bits per heavy atom. The zero-order valence-electron chi connectivity index (χ0n) is 11.3. The standard InChI is InChI=1S/C16H20OSi/c1-18(2,3)16-12-8-4-6-10-14(12)17-15-11-7-5-9-13(15)16/h4-12,14,16H,1-3H3/t12-,14-,16+/m1/s1. The molecule has 1 aromatic rings. The van der Waals surface area contributed by atoms with Crippen LogP contribution >= 0.6 is 0 Å². The van der Waals surface area contributed by atoms with Gasteiger partial charge in [-0.1, -0.05) is 56.1 Å². The van der Waals surface area contributed by atoms with Crippen molar-refractivity contribution in [3.8, 4) is 5.75 Å². The second-order valence-corrected chi connectivity index (χ2v) is 11.7. The lowest BCUT2D eigenvalue weighted by molar-refractivity contribution is 0.172. The van der Waals surface area contributed by atoms with Crippen LogP contribution in [0.15, 0.2) is 48.6 Å². The first-order chi connectivity index (χ1) is 8.57. The molecule has 3 rings (SSSR count). The van der Waals surface area contributed by atoms with Crippen LogP contribution in [0.5, 0.6) is 5.75 Å². The second kappa shape index (κ2) is 4.13. The first-order valence-electron chi connectivity index (χ1n) is 6.68. The maximum absolute atomic E-state index is 6.15. The molecule has 0 bridgehead atoms. The van der Waals surface area contributed by atoms with Crippen molar-refractivity contribution in [2.24, 2.45) is 5.92 Å². The summed E-state index contributed by atoms with van der Waals surface area (Å²) in [6, 6.07) is 8.58. The minimum Gasteiger partial charge on any atom is -0.485 e. The van der Waals surface area contributed by atoms with Gasteiger partial charge in [0.25, 0.3) is 0 Å². The fourth-order valence-corrected chi connectivity index (χ4v) is 5.89. The van der Waals surface area contributed by atoms with Crippen LogP contribution in [0.1, 0.15) is 11.1 Å². The first kappa shape index (κ1) is 11.8. The van der Waals surface area contributed by atoms with Crippen molar-refractivity contribution in [3.63, 3.8) is 0 Å².